The lowest BCUT2D eigenvalue weighted by Gasteiger charge is -2.00. The maximum absolute atomic E-state index is 2.74. The molecule has 1 rings (SSSR count). The third-order valence-electron chi connectivity index (χ3n) is 2.02. The maximum Gasteiger partial charge on any atom is -0.0279 e. The first kappa shape index (κ1) is 9.74. The van der Waals surface area contributed by atoms with Crippen LogP contribution in [0.4, 0.5) is 0 Å². The summed E-state index contributed by atoms with van der Waals surface area (Å²) in [5, 5.41) is 1.30. The quantitative estimate of drug-likeness (QED) is 0.493. The van der Waals surface area contributed by atoms with Crippen LogP contribution in [0.25, 0.3) is 0 Å². The molecule has 0 bridgehead atoms. The van der Waals surface area contributed by atoms with Crippen molar-refractivity contribution in [2.45, 2.75) is 32.6 Å². The second-order valence-corrected chi connectivity index (χ2v) is 3.87. The van der Waals surface area contributed by atoms with Gasteiger partial charge in [-0.15, -0.1) is 9.24 Å². The zero-order valence-corrected chi connectivity index (χ0v) is 8.87. The molecule has 0 nitrogen and oxygen atoms in total. The van der Waals surface area contributed by atoms with Gasteiger partial charge in [-0.25, -0.2) is 0 Å². The largest absolute Gasteiger partial charge is 0.106 e. The number of benzene rings is 1. The van der Waals surface area contributed by atoms with E-state index in [-0.39, 0.29) is 0 Å². The van der Waals surface area contributed by atoms with Gasteiger partial charge in [0.2, 0.25) is 0 Å². The van der Waals surface area contributed by atoms with E-state index >= 15 is 0 Å². The summed E-state index contributed by atoms with van der Waals surface area (Å²) in [4.78, 5) is 0. The molecule has 12 heavy (non-hydrogen) atoms. The minimum Gasteiger partial charge on any atom is -0.106 e. The molecule has 66 valence electrons. The summed E-state index contributed by atoms with van der Waals surface area (Å²) < 4.78 is 0. The van der Waals surface area contributed by atoms with E-state index in [1.807, 2.05) is 0 Å². The highest BCUT2D eigenvalue weighted by Gasteiger charge is 1.92. The number of unbranched alkanes of at least 4 members (excludes halogenated alkanes) is 2. The molecule has 0 aliphatic rings. The van der Waals surface area contributed by atoms with Gasteiger partial charge >= 0.3 is 0 Å². The van der Waals surface area contributed by atoms with E-state index in [9.17, 15) is 0 Å². The lowest BCUT2D eigenvalue weighted by Crippen LogP contribution is -1.93. The zero-order chi connectivity index (χ0) is 8.81. The Morgan fingerprint density at radius 3 is 2.75 bits per heavy atom. The van der Waals surface area contributed by atoms with Crippen LogP contribution in [0.5, 0.6) is 0 Å². The highest BCUT2D eigenvalue weighted by atomic mass is 31.0. The van der Waals surface area contributed by atoms with Crippen LogP contribution in [-0.4, -0.2) is 0 Å². The fourth-order valence-corrected chi connectivity index (χ4v) is 1.65. The molecule has 1 aromatic rings. The van der Waals surface area contributed by atoms with Crippen LogP contribution < -0.4 is 5.30 Å². The van der Waals surface area contributed by atoms with Gasteiger partial charge in [-0.05, 0) is 23.7 Å². The van der Waals surface area contributed by atoms with Gasteiger partial charge in [-0.3, -0.25) is 0 Å². The molecule has 1 heteroatoms. The zero-order valence-electron chi connectivity index (χ0n) is 7.72. The lowest BCUT2D eigenvalue weighted by molar-refractivity contribution is 0.718. The van der Waals surface area contributed by atoms with Gasteiger partial charge in [0, 0.05) is 0 Å². The highest BCUT2D eigenvalue weighted by molar-refractivity contribution is 7.27. The molecular weight excluding hydrogens is 163 g/mol. The summed E-state index contributed by atoms with van der Waals surface area (Å²) in [6, 6.07) is 8.71. The van der Waals surface area contributed by atoms with Crippen LogP contribution in [0.15, 0.2) is 24.3 Å². The molecule has 0 amide bonds. The second kappa shape index (κ2) is 5.32. The monoisotopic (exact) mass is 180 g/mol. The van der Waals surface area contributed by atoms with E-state index in [1.165, 1.54) is 36.6 Å². The average molecular weight is 180 g/mol. The smallest absolute Gasteiger partial charge is 0.0279 e. The number of hydrogen-bond donors (Lipinski definition) is 0. The summed E-state index contributed by atoms with van der Waals surface area (Å²) in [6.45, 7) is 2.24. The predicted molar refractivity (Wildman–Crippen MR) is 59.0 cm³/mol. The summed E-state index contributed by atoms with van der Waals surface area (Å²) in [5.74, 6) is 0. The molecule has 1 atom stereocenters. The highest BCUT2D eigenvalue weighted by Crippen LogP contribution is 2.05. The van der Waals surface area contributed by atoms with Crippen molar-refractivity contribution in [1.82, 2.24) is 0 Å². The van der Waals surface area contributed by atoms with Crippen LogP contribution in [0.3, 0.4) is 0 Å². The second-order valence-electron chi connectivity index (χ2n) is 3.20. The van der Waals surface area contributed by atoms with E-state index in [4.69, 9.17) is 0 Å². The Labute approximate surface area is 77.6 Å². The Morgan fingerprint density at radius 2 is 2.08 bits per heavy atom. The van der Waals surface area contributed by atoms with Crippen molar-refractivity contribution in [1.29, 1.82) is 0 Å². The lowest BCUT2D eigenvalue weighted by atomic mass is 10.1. The Balaban J connectivity index is 2.41. The first-order valence-electron chi connectivity index (χ1n) is 4.67. The van der Waals surface area contributed by atoms with Crippen LogP contribution in [0.2, 0.25) is 0 Å². The van der Waals surface area contributed by atoms with E-state index in [2.05, 4.69) is 40.4 Å². The fourth-order valence-electron chi connectivity index (χ4n) is 1.33. The van der Waals surface area contributed by atoms with E-state index < -0.39 is 0 Å². The van der Waals surface area contributed by atoms with Gasteiger partial charge in [-0.2, -0.15) is 0 Å². The van der Waals surface area contributed by atoms with Crippen molar-refractivity contribution >= 4 is 14.5 Å². The molecule has 0 radical (unpaired) electrons. The van der Waals surface area contributed by atoms with Gasteiger partial charge in [0.25, 0.3) is 0 Å². The minimum atomic E-state index is 1.23. The Morgan fingerprint density at radius 1 is 1.25 bits per heavy atom. The van der Waals surface area contributed by atoms with E-state index in [0.29, 0.717) is 0 Å². The molecule has 0 aliphatic carbocycles. The molecular formula is C11H17P. The van der Waals surface area contributed by atoms with Crippen LogP contribution >= 0.6 is 9.24 Å². The fraction of sp³-hybridized carbons (Fsp3) is 0.455. The summed E-state index contributed by atoms with van der Waals surface area (Å²) in [7, 11) is 2.74. The minimum absolute atomic E-state index is 1.23. The Hall–Kier alpha value is -0.350. The van der Waals surface area contributed by atoms with Crippen molar-refractivity contribution in [3.8, 4) is 0 Å². The van der Waals surface area contributed by atoms with Crippen LogP contribution in [-0.2, 0) is 6.42 Å². The predicted octanol–water partition coefficient (Wildman–Crippen LogP) is 2.92. The number of aryl methyl sites for hydroxylation is 1. The average Bonchev–Trinajstić information content (AvgIpc) is 2.05. The number of rotatable bonds is 4. The van der Waals surface area contributed by atoms with Crippen molar-refractivity contribution in [3.05, 3.63) is 29.8 Å². The van der Waals surface area contributed by atoms with Crippen molar-refractivity contribution < 1.29 is 0 Å². The first-order chi connectivity index (χ1) is 5.83. The summed E-state index contributed by atoms with van der Waals surface area (Å²) in [5.41, 5.74) is 1.47. The third kappa shape index (κ3) is 3.36. The van der Waals surface area contributed by atoms with Crippen LogP contribution in [0.1, 0.15) is 31.7 Å². The van der Waals surface area contributed by atoms with E-state index in [0.717, 1.165) is 0 Å². The molecule has 0 saturated carbocycles. The molecule has 0 spiro atoms. The van der Waals surface area contributed by atoms with Crippen molar-refractivity contribution in [3.63, 3.8) is 0 Å². The maximum atomic E-state index is 2.74. The van der Waals surface area contributed by atoms with Gasteiger partial charge in [0.05, 0.1) is 0 Å². The van der Waals surface area contributed by atoms with Gasteiger partial charge in [-0.1, -0.05) is 44.0 Å². The third-order valence-corrected chi connectivity index (χ3v) is 2.38. The molecule has 0 heterocycles. The van der Waals surface area contributed by atoms with Gasteiger partial charge in [0.1, 0.15) is 0 Å². The van der Waals surface area contributed by atoms with Gasteiger partial charge in [0.15, 0.2) is 0 Å². The Bertz CT molecular complexity index is 230. The molecule has 1 unspecified atom stereocenters. The topological polar surface area (TPSA) is 0 Å². The molecule has 1 aromatic carbocycles. The van der Waals surface area contributed by atoms with Crippen molar-refractivity contribution in [2.75, 3.05) is 0 Å². The molecule has 0 N–H and O–H groups in total. The van der Waals surface area contributed by atoms with Crippen LogP contribution in [0, 0.1) is 0 Å². The molecule has 0 saturated heterocycles. The first-order valence-corrected chi connectivity index (χ1v) is 5.25. The van der Waals surface area contributed by atoms with E-state index in [1.54, 1.807) is 0 Å². The Kier molecular flexibility index (Phi) is 4.32. The van der Waals surface area contributed by atoms with Gasteiger partial charge < -0.3 is 0 Å². The molecule has 0 aliphatic heterocycles. The van der Waals surface area contributed by atoms with Crippen molar-refractivity contribution in [2.24, 2.45) is 0 Å². The molecule has 0 aromatic heterocycles. The standard InChI is InChI=1S/C11H17P/c1-2-3-4-6-10-7-5-8-11(12)9-10/h5,7-9H,2-4,6,12H2,1H3. The number of hydrogen-bond acceptors (Lipinski definition) is 0. The normalized spacial score (nSPS) is 10.2. The summed E-state index contributed by atoms with van der Waals surface area (Å²) in [6.07, 6.45) is 5.21. The SMILES string of the molecule is CCCCCc1cccc(P)c1. The summed E-state index contributed by atoms with van der Waals surface area (Å²) >= 11 is 0. The molecule has 0 fully saturated rings.